The van der Waals surface area contributed by atoms with Gasteiger partial charge in [0.25, 0.3) is 11.8 Å². The molecule has 2 aromatic carbocycles. The van der Waals surface area contributed by atoms with E-state index in [4.69, 9.17) is 4.74 Å². The zero-order chi connectivity index (χ0) is 19.6. The smallest absolute Gasteiger partial charge is 0.258 e. The zero-order valence-electron chi connectivity index (χ0n) is 16.0. The van der Waals surface area contributed by atoms with Crippen molar-refractivity contribution in [1.29, 1.82) is 0 Å². The summed E-state index contributed by atoms with van der Waals surface area (Å²) in [6.07, 6.45) is 2.11. The van der Waals surface area contributed by atoms with Crippen LogP contribution >= 0.6 is 0 Å². The fourth-order valence-corrected chi connectivity index (χ4v) is 4.03. The zero-order valence-corrected chi connectivity index (χ0v) is 16.0. The maximum absolute atomic E-state index is 13.0. The molecule has 28 heavy (non-hydrogen) atoms. The highest BCUT2D eigenvalue weighted by molar-refractivity contribution is 6.08. The lowest BCUT2D eigenvalue weighted by Crippen LogP contribution is -2.51. The number of rotatable bonds is 4. The van der Waals surface area contributed by atoms with E-state index >= 15 is 0 Å². The third-order valence-electron chi connectivity index (χ3n) is 5.72. The second-order valence-electron chi connectivity index (χ2n) is 7.32. The molecule has 0 aliphatic carbocycles. The summed E-state index contributed by atoms with van der Waals surface area (Å²) in [5, 5.41) is 6.19. The molecule has 146 valence electrons. The lowest BCUT2D eigenvalue weighted by molar-refractivity contribution is -0.140. The topological polar surface area (TPSA) is 70.7 Å². The third kappa shape index (κ3) is 3.41. The summed E-state index contributed by atoms with van der Waals surface area (Å²) >= 11 is 0. The lowest BCUT2D eigenvalue weighted by atomic mass is 9.91. The maximum atomic E-state index is 13.0. The number of methoxy groups -OCH3 is 1. The van der Waals surface area contributed by atoms with Crippen LogP contribution in [0.5, 0.6) is 0 Å². The van der Waals surface area contributed by atoms with Crippen molar-refractivity contribution in [3.05, 3.63) is 59.7 Å². The Bertz CT molecular complexity index is 890. The first-order valence-corrected chi connectivity index (χ1v) is 9.70. The van der Waals surface area contributed by atoms with Gasteiger partial charge >= 0.3 is 0 Å². The Morgan fingerprint density at radius 1 is 1.11 bits per heavy atom. The van der Waals surface area contributed by atoms with Crippen LogP contribution in [0, 0.1) is 0 Å². The summed E-state index contributed by atoms with van der Waals surface area (Å²) in [4.78, 5) is 27.7. The highest BCUT2D eigenvalue weighted by atomic mass is 16.5. The van der Waals surface area contributed by atoms with Gasteiger partial charge in [-0.05, 0) is 62.2 Å². The molecule has 0 aromatic heterocycles. The van der Waals surface area contributed by atoms with Crippen molar-refractivity contribution in [3.63, 3.8) is 0 Å². The number of carbonyl (C=O) groups excluding carboxylic acids is 2. The fraction of sp³-hybridized carbons (Fsp3) is 0.364. The third-order valence-corrected chi connectivity index (χ3v) is 5.72. The number of nitrogens with zero attached hydrogens (tertiary/aromatic N) is 1. The summed E-state index contributed by atoms with van der Waals surface area (Å²) in [6, 6.07) is 15.1. The molecule has 0 atom stereocenters. The molecular formula is C22H25N3O3. The number of benzene rings is 2. The Kier molecular flexibility index (Phi) is 5.15. The second-order valence-corrected chi connectivity index (χ2v) is 7.32. The normalized spacial score (nSPS) is 17.8. The van der Waals surface area contributed by atoms with Gasteiger partial charge in [0.15, 0.2) is 0 Å². The van der Waals surface area contributed by atoms with Crippen molar-refractivity contribution in [2.45, 2.75) is 24.9 Å². The van der Waals surface area contributed by atoms with Crippen LogP contribution in [0.15, 0.2) is 48.5 Å². The van der Waals surface area contributed by atoms with Gasteiger partial charge in [0.2, 0.25) is 0 Å². The number of ether oxygens (including phenoxy) is 1. The van der Waals surface area contributed by atoms with Crippen LogP contribution in [-0.4, -0.2) is 44.2 Å². The van der Waals surface area contributed by atoms with Crippen molar-refractivity contribution in [2.75, 3.05) is 37.0 Å². The summed E-state index contributed by atoms with van der Waals surface area (Å²) < 4.78 is 5.58. The Hall–Kier alpha value is -2.70. The molecule has 4 rings (SSSR count). The first-order valence-electron chi connectivity index (χ1n) is 9.70. The number of anilines is 2. The molecule has 6 nitrogen and oxygen atoms in total. The van der Waals surface area contributed by atoms with Crippen LogP contribution in [0.4, 0.5) is 11.4 Å². The Labute approximate surface area is 164 Å². The van der Waals surface area contributed by atoms with Crippen LogP contribution in [0.3, 0.4) is 0 Å². The molecule has 2 heterocycles. The van der Waals surface area contributed by atoms with Gasteiger partial charge in [-0.25, -0.2) is 0 Å². The first kappa shape index (κ1) is 18.7. The van der Waals surface area contributed by atoms with Crippen molar-refractivity contribution in [2.24, 2.45) is 0 Å². The van der Waals surface area contributed by atoms with E-state index in [0.29, 0.717) is 30.6 Å². The Balaban J connectivity index is 1.52. The molecule has 2 aliphatic heterocycles. The molecule has 0 spiro atoms. The molecule has 0 bridgehead atoms. The van der Waals surface area contributed by atoms with Crippen LogP contribution in [-0.2, 0) is 16.0 Å². The van der Waals surface area contributed by atoms with E-state index in [9.17, 15) is 9.59 Å². The molecule has 0 unspecified atom stereocenters. The summed E-state index contributed by atoms with van der Waals surface area (Å²) in [5.74, 6) is -0.211. The second kappa shape index (κ2) is 7.73. The molecule has 0 radical (unpaired) electrons. The monoisotopic (exact) mass is 379 g/mol. The van der Waals surface area contributed by atoms with Gasteiger partial charge in [0, 0.05) is 30.6 Å². The molecule has 2 N–H and O–H groups in total. The molecule has 2 amide bonds. The first-order chi connectivity index (χ1) is 13.6. The maximum Gasteiger partial charge on any atom is 0.258 e. The average molecular weight is 379 g/mol. The van der Waals surface area contributed by atoms with E-state index in [0.717, 1.165) is 25.2 Å². The molecule has 2 aromatic rings. The average Bonchev–Trinajstić information content (AvgIpc) is 3.18. The van der Waals surface area contributed by atoms with Crippen LogP contribution in [0.2, 0.25) is 0 Å². The SMILES string of the molecule is COC1(C(=O)Nc2cccc(C(=O)N3CCc4ccccc43)c2)CCNCC1. The van der Waals surface area contributed by atoms with E-state index in [1.807, 2.05) is 18.2 Å². The number of nitrogens with one attached hydrogen (secondary N) is 2. The lowest BCUT2D eigenvalue weighted by Gasteiger charge is -2.34. The van der Waals surface area contributed by atoms with Gasteiger partial charge in [-0.15, -0.1) is 0 Å². The van der Waals surface area contributed by atoms with Crippen molar-refractivity contribution in [3.8, 4) is 0 Å². The van der Waals surface area contributed by atoms with Crippen molar-refractivity contribution >= 4 is 23.2 Å². The minimum absolute atomic E-state index is 0.0515. The number of fused-ring (bicyclic) bond motifs is 1. The van der Waals surface area contributed by atoms with Gasteiger partial charge in [-0.2, -0.15) is 0 Å². The minimum Gasteiger partial charge on any atom is -0.368 e. The van der Waals surface area contributed by atoms with Crippen LogP contribution in [0.25, 0.3) is 0 Å². The largest absolute Gasteiger partial charge is 0.368 e. The predicted molar refractivity (Wildman–Crippen MR) is 109 cm³/mol. The fourth-order valence-electron chi connectivity index (χ4n) is 4.03. The molecular weight excluding hydrogens is 354 g/mol. The molecule has 6 heteroatoms. The van der Waals surface area contributed by atoms with Gasteiger partial charge < -0.3 is 20.3 Å². The highest BCUT2D eigenvalue weighted by Crippen LogP contribution is 2.29. The number of amides is 2. The van der Waals surface area contributed by atoms with E-state index in [1.165, 1.54) is 5.56 Å². The molecule has 1 fully saturated rings. The molecule has 2 aliphatic rings. The number of carbonyl (C=O) groups is 2. The van der Waals surface area contributed by atoms with E-state index < -0.39 is 5.60 Å². The van der Waals surface area contributed by atoms with Gasteiger partial charge in [-0.3, -0.25) is 9.59 Å². The standard InChI is InChI=1S/C22H25N3O3/c1-28-22(10-12-23-13-11-22)21(27)24-18-7-4-6-17(15-18)20(26)25-14-9-16-5-2-3-8-19(16)25/h2-8,15,23H,9-14H2,1H3,(H,24,27). The number of hydrogen-bond acceptors (Lipinski definition) is 4. The van der Waals surface area contributed by atoms with Crippen LogP contribution < -0.4 is 15.5 Å². The van der Waals surface area contributed by atoms with E-state index in [1.54, 1.807) is 36.3 Å². The van der Waals surface area contributed by atoms with Crippen molar-refractivity contribution < 1.29 is 14.3 Å². The Morgan fingerprint density at radius 2 is 1.89 bits per heavy atom. The van der Waals surface area contributed by atoms with Gasteiger partial charge in [-0.1, -0.05) is 24.3 Å². The van der Waals surface area contributed by atoms with Gasteiger partial charge in [0.05, 0.1) is 0 Å². The number of hydrogen-bond donors (Lipinski definition) is 2. The summed E-state index contributed by atoms with van der Waals surface area (Å²) in [6.45, 7) is 2.16. The molecule has 1 saturated heterocycles. The number of piperidine rings is 1. The predicted octanol–water partition coefficient (Wildman–Crippen LogP) is 2.60. The number of para-hydroxylation sites is 1. The minimum atomic E-state index is -0.820. The van der Waals surface area contributed by atoms with Crippen molar-refractivity contribution in [1.82, 2.24) is 5.32 Å². The quantitative estimate of drug-likeness (QED) is 0.857. The summed E-state index contributed by atoms with van der Waals surface area (Å²) in [5.41, 5.74) is 2.51. The Morgan fingerprint density at radius 3 is 2.68 bits per heavy atom. The van der Waals surface area contributed by atoms with Crippen LogP contribution in [0.1, 0.15) is 28.8 Å². The molecule has 0 saturated carbocycles. The van der Waals surface area contributed by atoms with E-state index in [2.05, 4.69) is 16.7 Å². The summed E-state index contributed by atoms with van der Waals surface area (Å²) in [7, 11) is 1.58. The highest BCUT2D eigenvalue weighted by Gasteiger charge is 2.39. The van der Waals surface area contributed by atoms with E-state index in [-0.39, 0.29) is 11.8 Å². The van der Waals surface area contributed by atoms with Gasteiger partial charge in [0.1, 0.15) is 5.60 Å².